The number of esters is 1. The zero-order valence-electron chi connectivity index (χ0n) is 13.1. The highest BCUT2D eigenvalue weighted by Crippen LogP contribution is 2.46. The lowest BCUT2D eigenvalue weighted by Crippen LogP contribution is -2.06. The largest absolute Gasteiger partial charge is 0.409 e. The molecule has 1 aromatic carbocycles. The van der Waals surface area contributed by atoms with E-state index in [1.165, 1.54) is 19.1 Å². The van der Waals surface area contributed by atoms with E-state index in [2.05, 4.69) is 20.9 Å². The number of carbonyl (C=O) groups excluding carboxylic acids is 1. The highest BCUT2D eigenvalue weighted by atomic mass is 79.9. The molecule has 3 rings (SSSR count). The Kier molecular flexibility index (Phi) is 4.49. The van der Waals surface area contributed by atoms with Crippen LogP contribution < -0.4 is 4.74 Å². The Morgan fingerprint density at radius 1 is 1.08 bits per heavy atom. The van der Waals surface area contributed by atoms with E-state index in [-0.39, 0.29) is 5.82 Å². The second-order valence-corrected chi connectivity index (χ2v) is 5.99. The van der Waals surface area contributed by atoms with Crippen LogP contribution in [0.5, 0.6) is 5.88 Å². The number of pyridine rings is 1. The monoisotopic (exact) mass is 388 g/mol. The number of rotatable bonds is 3. The summed E-state index contributed by atoms with van der Waals surface area (Å²) in [5, 5.41) is 0. The standard InChI is InChI=1S/C18H14BrFN2O2/c1-11(23)24-18-16(13-7-9-21-10-8-13)15(17(19)22(18)2)12-3-5-14(20)6-4-12/h3-10H,1-2H3. The zero-order chi connectivity index (χ0) is 17.3. The molecule has 0 spiro atoms. The van der Waals surface area contributed by atoms with Crippen LogP contribution in [0.1, 0.15) is 6.92 Å². The van der Waals surface area contributed by atoms with Gasteiger partial charge in [-0.2, -0.15) is 0 Å². The second-order valence-electron chi connectivity index (χ2n) is 5.24. The number of halogens is 2. The lowest BCUT2D eigenvalue weighted by molar-refractivity contribution is -0.132. The summed E-state index contributed by atoms with van der Waals surface area (Å²) in [5.41, 5.74) is 3.22. The van der Waals surface area contributed by atoms with Gasteiger partial charge in [-0.1, -0.05) is 12.1 Å². The fraction of sp³-hybridized carbons (Fsp3) is 0.111. The van der Waals surface area contributed by atoms with Gasteiger partial charge in [-0.05, 0) is 51.3 Å². The number of hydrogen-bond acceptors (Lipinski definition) is 3. The SMILES string of the molecule is CC(=O)Oc1c(-c2ccncc2)c(-c2ccc(F)cc2)c(Br)n1C. The van der Waals surface area contributed by atoms with Gasteiger partial charge in [-0.15, -0.1) is 0 Å². The molecule has 0 aliphatic heterocycles. The van der Waals surface area contributed by atoms with Crippen LogP contribution in [0.2, 0.25) is 0 Å². The summed E-state index contributed by atoms with van der Waals surface area (Å²) in [6.07, 6.45) is 3.34. The highest BCUT2D eigenvalue weighted by molar-refractivity contribution is 9.10. The molecule has 0 saturated carbocycles. The van der Waals surface area contributed by atoms with Gasteiger partial charge in [0.05, 0.1) is 10.2 Å². The summed E-state index contributed by atoms with van der Waals surface area (Å²) in [6, 6.07) is 9.85. The van der Waals surface area contributed by atoms with Crippen LogP contribution in [0, 0.1) is 5.82 Å². The van der Waals surface area contributed by atoms with Crippen LogP contribution in [-0.2, 0) is 11.8 Å². The first kappa shape index (κ1) is 16.4. The van der Waals surface area contributed by atoms with Crippen LogP contribution in [0.25, 0.3) is 22.3 Å². The van der Waals surface area contributed by atoms with Crippen molar-refractivity contribution in [3.8, 4) is 28.1 Å². The van der Waals surface area contributed by atoms with Gasteiger partial charge in [-0.25, -0.2) is 4.39 Å². The third-order valence-corrected chi connectivity index (χ3v) is 4.54. The Bertz CT molecular complexity index is 890. The van der Waals surface area contributed by atoms with Gasteiger partial charge < -0.3 is 9.30 Å². The number of nitrogens with zero attached hydrogens (tertiary/aromatic N) is 2. The molecule has 0 bridgehead atoms. The first-order valence-corrected chi connectivity index (χ1v) is 8.01. The molecule has 2 heterocycles. The summed E-state index contributed by atoms with van der Waals surface area (Å²) in [5.74, 6) is -0.305. The Morgan fingerprint density at radius 3 is 2.25 bits per heavy atom. The molecule has 0 unspecified atom stereocenters. The van der Waals surface area contributed by atoms with E-state index in [1.54, 1.807) is 36.1 Å². The Balaban J connectivity index is 2.31. The number of hydrogen-bond donors (Lipinski definition) is 0. The van der Waals surface area contributed by atoms with Crippen LogP contribution in [-0.4, -0.2) is 15.5 Å². The minimum absolute atomic E-state index is 0.309. The van der Waals surface area contributed by atoms with Gasteiger partial charge >= 0.3 is 5.97 Å². The van der Waals surface area contributed by atoms with Crippen molar-refractivity contribution >= 4 is 21.9 Å². The lowest BCUT2D eigenvalue weighted by atomic mass is 9.99. The van der Waals surface area contributed by atoms with Crippen molar-refractivity contribution in [3.05, 3.63) is 59.2 Å². The summed E-state index contributed by atoms with van der Waals surface area (Å²) < 4.78 is 21.2. The summed E-state index contributed by atoms with van der Waals surface area (Å²) >= 11 is 3.56. The average molecular weight is 389 g/mol. The normalized spacial score (nSPS) is 10.7. The van der Waals surface area contributed by atoms with E-state index in [9.17, 15) is 9.18 Å². The number of benzene rings is 1. The van der Waals surface area contributed by atoms with Crippen molar-refractivity contribution in [1.29, 1.82) is 0 Å². The number of carbonyl (C=O) groups is 1. The molecule has 122 valence electrons. The van der Waals surface area contributed by atoms with E-state index < -0.39 is 5.97 Å². The van der Waals surface area contributed by atoms with Crippen molar-refractivity contribution in [1.82, 2.24) is 9.55 Å². The van der Waals surface area contributed by atoms with Crippen LogP contribution in [0.3, 0.4) is 0 Å². The third kappa shape index (κ3) is 2.97. The van der Waals surface area contributed by atoms with Gasteiger partial charge in [0, 0.05) is 31.9 Å². The molecule has 0 atom stereocenters. The molecule has 0 amide bonds. The Labute approximate surface area is 147 Å². The van der Waals surface area contributed by atoms with Gasteiger partial charge in [0.25, 0.3) is 0 Å². The molecule has 4 nitrogen and oxygen atoms in total. The highest BCUT2D eigenvalue weighted by Gasteiger charge is 2.24. The summed E-state index contributed by atoms with van der Waals surface area (Å²) in [6.45, 7) is 1.36. The molecule has 0 fully saturated rings. The topological polar surface area (TPSA) is 44.1 Å². The van der Waals surface area contributed by atoms with E-state index >= 15 is 0 Å². The molecule has 6 heteroatoms. The van der Waals surface area contributed by atoms with E-state index in [4.69, 9.17) is 4.74 Å². The quantitative estimate of drug-likeness (QED) is 0.616. The van der Waals surface area contributed by atoms with Crippen molar-refractivity contribution in [2.24, 2.45) is 7.05 Å². The second kappa shape index (κ2) is 6.57. The molecule has 24 heavy (non-hydrogen) atoms. The molecule has 0 aliphatic rings. The zero-order valence-corrected chi connectivity index (χ0v) is 14.7. The van der Waals surface area contributed by atoms with E-state index in [1.807, 2.05) is 12.1 Å². The maximum Gasteiger partial charge on any atom is 0.309 e. The van der Waals surface area contributed by atoms with Crippen molar-refractivity contribution in [2.45, 2.75) is 6.92 Å². The van der Waals surface area contributed by atoms with Crippen molar-refractivity contribution in [2.75, 3.05) is 0 Å². The predicted octanol–water partition coefficient (Wildman–Crippen LogP) is 4.58. The Hall–Kier alpha value is -2.47. The van der Waals surface area contributed by atoms with Crippen molar-refractivity contribution < 1.29 is 13.9 Å². The fourth-order valence-electron chi connectivity index (χ4n) is 2.56. The number of ether oxygens (including phenoxy) is 1. The molecular formula is C18H14BrFN2O2. The summed E-state index contributed by atoms with van der Waals surface area (Å²) in [4.78, 5) is 15.6. The molecule has 0 saturated heterocycles. The van der Waals surface area contributed by atoms with Gasteiger partial charge in [0.1, 0.15) is 5.82 Å². The maximum atomic E-state index is 13.3. The van der Waals surface area contributed by atoms with Crippen LogP contribution in [0.4, 0.5) is 4.39 Å². The number of aromatic nitrogens is 2. The van der Waals surface area contributed by atoms with Gasteiger partial charge in [0.2, 0.25) is 5.88 Å². The summed E-state index contributed by atoms with van der Waals surface area (Å²) in [7, 11) is 1.79. The predicted molar refractivity (Wildman–Crippen MR) is 93.0 cm³/mol. The van der Waals surface area contributed by atoms with Crippen LogP contribution >= 0.6 is 15.9 Å². The van der Waals surface area contributed by atoms with E-state index in [0.717, 1.165) is 26.9 Å². The first-order chi connectivity index (χ1) is 11.5. The molecule has 2 aromatic heterocycles. The average Bonchev–Trinajstić information content (AvgIpc) is 2.81. The lowest BCUT2D eigenvalue weighted by Gasteiger charge is -2.08. The van der Waals surface area contributed by atoms with Gasteiger partial charge in [-0.3, -0.25) is 9.78 Å². The Morgan fingerprint density at radius 2 is 1.67 bits per heavy atom. The smallest absolute Gasteiger partial charge is 0.309 e. The molecular weight excluding hydrogens is 375 g/mol. The van der Waals surface area contributed by atoms with Crippen LogP contribution in [0.15, 0.2) is 53.4 Å². The minimum atomic E-state index is -0.413. The molecule has 0 N–H and O–H groups in total. The first-order valence-electron chi connectivity index (χ1n) is 7.22. The molecule has 3 aromatic rings. The third-order valence-electron chi connectivity index (χ3n) is 3.61. The van der Waals surface area contributed by atoms with Gasteiger partial charge in [0.15, 0.2) is 0 Å². The van der Waals surface area contributed by atoms with E-state index in [0.29, 0.717) is 5.88 Å². The maximum absolute atomic E-state index is 13.3. The molecule has 0 radical (unpaired) electrons. The minimum Gasteiger partial charge on any atom is -0.409 e. The molecule has 0 aliphatic carbocycles. The fourth-order valence-corrected chi connectivity index (χ4v) is 3.14. The van der Waals surface area contributed by atoms with Crippen molar-refractivity contribution in [3.63, 3.8) is 0 Å².